The van der Waals surface area contributed by atoms with Gasteiger partial charge in [-0.2, -0.15) is 0 Å². The molecule has 7 atom stereocenters. The quantitative estimate of drug-likeness (QED) is 0.650. The van der Waals surface area contributed by atoms with E-state index in [9.17, 15) is 10.2 Å². The molecule has 25 heavy (non-hydrogen) atoms. The van der Waals surface area contributed by atoms with Crippen LogP contribution in [0.2, 0.25) is 0 Å². The largest absolute Gasteiger partial charge is 0.396 e. The topological polar surface area (TPSA) is 40.5 Å². The number of aliphatic hydroxyl groups excluding tert-OH is 2. The molecule has 2 N–H and O–H groups in total. The number of rotatable bonds is 2. The highest BCUT2D eigenvalue weighted by Crippen LogP contribution is 2.72. The highest BCUT2D eigenvalue weighted by molar-refractivity contribution is 7.60. The summed E-state index contributed by atoms with van der Waals surface area (Å²) in [6.07, 6.45) is 17.8. The van der Waals surface area contributed by atoms with Gasteiger partial charge in [0.15, 0.2) is 0 Å². The van der Waals surface area contributed by atoms with E-state index >= 15 is 0 Å². The molecule has 4 bridgehead atoms. The fourth-order valence-corrected chi connectivity index (χ4v) is 13.1. The van der Waals surface area contributed by atoms with Crippen LogP contribution in [0.4, 0.5) is 0 Å². The van der Waals surface area contributed by atoms with Crippen molar-refractivity contribution >= 4 is 17.2 Å². The van der Waals surface area contributed by atoms with Gasteiger partial charge in [-0.15, -0.1) is 17.2 Å². The molecule has 5 rings (SSSR count). The molecule has 3 saturated heterocycles. The molecule has 3 heterocycles. The van der Waals surface area contributed by atoms with Crippen LogP contribution < -0.4 is 0 Å². The van der Waals surface area contributed by atoms with Crippen molar-refractivity contribution in [3.8, 4) is 0 Å². The molecule has 3 aliphatic heterocycles. The van der Waals surface area contributed by atoms with E-state index in [0.717, 1.165) is 46.7 Å². The smallest absolute Gasteiger partial charge is 0.0521 e. The fraction of sp³-hybridized carbons (Fsp3) is 1.00. The lowest BCUT2D eigenvalue weighted by atomic mass is 9.68. The average Bonchev–Trinajstić information content (AvgIpc) is 2.58. The average molecular weight is 384 g/mol. The molecule has 0 aromatic heterocycles. The Kier molecular flexibility index (Phi) is 6.14. The summed E-state index contributed by atoms with van der Waals surface area (Å²) in [6.45, 7) is 0.464. The molecule has 2 saturated carbocycles. The van der Waals surface area contributed by atoms with Crippen LogP contribution >= 0.6 is 17.2 Å². The number of aliphatic hydroxyl groups is 2. The van der Waals surface area contributed by atoms with Gasteiger partial charge in [0.2, 0.25) is 0 Å². The third-order valence-electron chi connectivity index (χ3n) is 8.15. The Balaban J connectivity index is 1.77. The Morgan fingerprint density at radius 1 is 0.680 bits per heavy atom. The summed E-state index contributed by atoms with van der Waals surface area (Å²) in [5.41, 5.74) is 1.59. The molecular formula is C21H38O2P2. The maximum atomic E-state index is 10.7. The van der Waals surface area contributed by atoms with E-state index in [2.05, 4.69) is 0 Å². The summed E-state index contributed by atoms with van der Waals surface area (Å²) in [5, 5.41) is 21.4. The monoisotopic (exact) mass is 384 g/mol. The van der Waals surface area contributed by atoms with Gasteiger partial charge < -0.3 is 10.2 Å². The van der Waals surface area contributed by atoms with Gasteiger partial charge in [0.05, 0.1) is 13.2 Å². The molecule has 0 aromatic carbocycles. The van der Waals surface area contributed by atoms with Gasteiger partial charge in [-0.25, -0.2) is 0 Å². The van der Waals surface area contributed by atoms with Crippen LogP contribution in [0.3, 0.4) is 0 Å². The first-order valence-electron chi connectivity index (χ1n) is 11.0. The Morgan fingerprint density at radius 3 is 1.96 bits per heavy atom. The molecule has 5 aliphatic rings. The van der Waals surface area contributed by atoms with Crippen molar-refractivity contribution in [3.05, 3.63) is 0 Å². The SMILES string of the molecule is OCC1(CO)CC2CCCCC(CC2)PC12PC1CCCCC2CC1. The van der Waals surface area contributed by atoms with Crippen LogP contribution in [-0.4, -0.2) is 39.6 Å². The van der Waals surface area contributed by atoms with Gasteiger partial charge >= 0.3 is 0 Å². The van der Waals surface area contributed by atoms with Crippen molar-refractivity contribution in [2.24, 2.45) is 17.3 Å². The van der Waals surface area contributed by atoms with Crippen LogP contribution in [0.1, 0.15) is 83.5 Å². The lowest BCUT2D eigenvalue weighted by Gasteiger charge is -2.61. The minimum atomic E-state index is -0.189. The molecule has 5 fully saturated rings. The van der Waals surface area contributed by atoms with E-state index in [4.69, 9.17) is 0 Å². The Labute approximate surface area is 157 Å². The molecule has 1 spiro atoms. The van der Waals surface area contributed by atoms with Crippen molar-refractivity contribution in [1.82, 2.24) is 0 Å². The maximum Gasteiger partial charge on any atom is 0.0521 e. The van der Waals surface area contributed by atoms with Crippen LogP contribution in [0, 0.1) is 17.3 Å². The second kappa shape index (κ2) is 8.03. The van der Waals surface area contributed by atoms with Gasteiger partial charge in [-0.05, 0) is 74.5 Å². The summed E-state index contributed by atoms with van der Waals surface area (Å²) >= 11 is 0. The zero-order chi connectivity index (χ0) is 17.3. The van der Waals surface area contributed by atoms with Crippen molar-refractivity contribution in [2.45, 2.75) is 99.7 Å². The highest BCUT2D eigenvalue weighted by atomic mass is 31.1. The molecule has 0 aromatic rings. The first kappa shape index (κ1) is 19.1. The Hall–Kier alpha value is 0.780. The second-order valence-electron chi connectivity index (χ2n) is 9.58. The van der Waals surface area contributed by atoms with E-state index in [0.29, 0.717) is 0 Å². The van der Waals surface area contributed by atoms with Crippen molar-refractivity contribution in [2.75, 3.05) is 13.2 Å². The predicted octanol–water partition coefficient (Wildman–Crippen LogP) is 5.11. The van der Waals surface area contributed by atoms with Gasteiger partial charge in [0.1, 0.15) is 0 Å². The second-order valence-corrected chi connectivity index (χ2v) is 13.9. The summed E-state index contributed by atoms with van der Waals surface area (Å²) in [5.74, 6) is 1.53. The summed E-state index contributed by atoms with van der Waals surface area (Å²) in [7, 11) is 2.00. The summed E-state index contributed by atoms with van der Waals surface area (Å²) in [6, 6.07) is 0. The van der Waals surface area contributed by atoms with Gasteiger partial charge in [0.25, 0.3) is 0 Å². The number of hydrogen-bond acceptors (Lipinski definition) is 2. The highest BCUT2D eigenvalue weighted by Gasteiger charge is 2.59. The first-order valence-corrected chi connectivity index (χ1v) is 13.1. The third kappa shape index (κ3) is 3.48. The number of hydrogen-bond donors (Lipinski definition) is 2. The van der Waals surface area contributed by atoms with Crippen molar-refractivity contribution in [3.63, 3.8) is 0 Å². The van der Waals surface area contributed by atoms with E-state index in [1.165, 1.54) is 77.0 Å². The predicted molar refractivity (Wildman–Crippen MR) is 111 cm³/mol. The zero-order valence-electron chi connectivity index (χ0n) is 15.8. The fourth-order valence-electron chi connectivity index (χ4n) is 6.75. The molecule has 144 valence electrons. The minimum absolute atomic E-state index is 0.189. The van der Waals surface area contributed by atoms with E-state index in [1.54, 1.807) is 0 Å². The molecule has 7 unspecified atom stereocenters. The summed E-state index contributed by atoms with van der Waals surface area (Å²) in [4.78, 5) is 0.278. The normalized spacial score (nSPS) is 46.3. The van der Waals surface area contributed by atoms with E-state index < -0.39 is 0 Å². The van der Waals surface area contributed by atoms with E-state index in [1.807, 2.05) is 0 Å². The van der Waals surface area contributed by atoms with Crippen LogP contribution in [0.25, 0.3) is 0 Å². The zero-order valence-corrected chi connectivity index (χ0v) is 17.8. The lowest BCUT2D eigenvalue weighted by molar-refractivity contribution is -0.00457. The van der Waals surface area contributed by atoms with Gasteiger partial charge in [0, 0.05) is 10.3 Å². The lowest BCUT2D eigenvalue weighted by Crippen LogP contribution is -2.56. The van der Waals surface area contributed by atoms with Crippen LogP contribution in [0.15, 0.2) is 0 Å². The van der Waals surface area contributed by atoms with Crippen LogP contribution in [0.5, 0.6) is 0 Å². The summed E-state index contributed by atoms with van der Waals surface area (Å²) < 4.78 is 0. The molecule has 2 nitrogen and oxygen atoms in total. The third-order valence-corrected chi connectivity index (χ3v) is 13.8. The first-order chi connectivity index (χ1) is 12.2. The van der Waals surface area contributed by atoms with Crippen molar-refractivity contribution < 1.29 is 10.2 Å². The molecule has 0 radical (unpaired) electrons. The molecular weight excluding hydrogens is 346 g/mol. The molecule has 4 heteroatoms. The van der Waals surface area contributed by atoms with E-state index in [-0.39, 0.29) is 23.5 Å². The van der Waals surface area contributed by atoms with Crippen molar-refractivity contribution in [1.29, 1.82) is 0 Å². The maximum absolute atomic E-state index is 10.7. The molecule has 2 aliphatic carbocycles. The standard InChI is InChI=1S/C21H38O2P2/c22-14-20(15-23)13-16-5-1-3-7-18(11-9-16)24-21(20)17-6-2-4-8-19(25-21)12-10-17/h16-19,22-25H,1-15H2. The Morgan fingerprint density at radius 2 is 1.28 bits per heavy atom. The van der Waals surface area contributed by atoms with Crippen LogP contribution in [-0.2, 0) is 0 Å². The minimum Gasteiger partial charge on any atom is -0.396 e. The van der Waals surface area contributed by atoms with Gasteiger partial charge in [-0.1, -0.05) is 32.1 Å². The number of fused-ring (bicyclic) bond motifs is 7. The van der Waals surface area contributed by atoms with Gasteiger partial charge in [-0.3, -0.25) is 0 Å². The molecule has 0 amide bonds. The Bertz CT molecular complexity index is 449.